The summed E-state index contributed by atoms with van der Waals surface area (Å²) in [6, 6.07) is 6.28. The highest BCUT2D eigenvalue weighted by atomic mass is 16.5. The molecule has 1 rings (SSSR count). The summed E-state index contributed by atoms with van der Waals surface area (Å²) < 4.78 is 17.4. The number of hydrogen-bond acceptors (Lipinski definition) is 4. The van der Waals surface area contributed by atoms with E-state index in [1.165, 1.54) is 25.3 Å². The highest BCUT2D eigenvalue weighted by molar-refractivity contribution is 5.90. The molecule has 0 aliphatic carbocycles. The Morgan fingerprint density at radius 3 is 2.75 bits per heavy atom. The third-order valence-electron chi connectivity index (χ3n) is 1.84. The number of nitriles is 1. The summed E-state index contributed by atoms with van der Waals surface area (Å²) >= 11 is 0. The van der Waals surface area contributed by atoms with Crippen molar-refractivity contribution in [3.05, 3.63) is 29.3 Å². The molecule has 0 aromatic heterocycles. The normalized spacial score (nSPS) is 11.2. The molecule has 1 aromatic carbocycles. The van der Waals surface area contributed by atoms with Crippen molar-refractivity contribution in [2.75, 3.05) is 7.11 Å². The van der Waals surface area contributed by atoms with Gasteiger partial charge in [0.05, 0.1) is 25.7 Å². The third-order valence-corrected chi connectivity index (χ3v) is 1.84. The molecule has 4 heteroatoms. The zero-order valence-corrected chi connectivity index (χ0v) is 9.40. The van der Waals surface area contributed by atoms with Crippen molar-refractivity contribution in [2.45, 2.75) is 19.9 Å². The van der Waals surface area contributed by atoms with E-state index >= 15 is 0 Å². The lowest BCUT2D eigenvalue weighted by molar-refractivity contribution is 0.0600. The van der Waals surface area contributed by atoms with Gasteiger partial charge in [-0.05, 0) is 32.0 Å². The van der Waals surface area contributed by atoms with Gasteiger partial charge in [-0.1, -0.05) is 0 Å². The number of esters is 1. The van der Waals surface area contributed by atoms with E-state index < -0.39 is 12.0 Å². The Labute approximate surface area is 95.8 Å². The molecule has 0 amide bonds. The zero-order chi connectivity index (χ0) is 13.1. The number of ether oxygens (including phenoxy) is 2. The minimum absolute atomic E-state index is 0.202. The van der Waals surface area contributed by atoms with Gasteiger partial charge in [0, 0.05) is 0 Å². The quantitative estimate of drug-likeness (QED) is 0.732. The fourth-order valence-corrected chi connectivity index (χ4v) is 1.17. The topological polar surface area (TPSA) is 59.3 Å². The molecule has 0 radical (unpaired) electrons. The Balaban J connectivity index is 3.11. The zero-order valence-electron chi connectivity index (χ0n) is 10.4. The van der Waals surface area contributed by atoms with Crippen LogP contribution in [0.25, 0.3) is 0 Å². The van der Waals surface area contributed by atoms with Crippen LogP contribution in [0.3, 0.4) is 0 Å². The molecule has 16 heavy (non-hydrogen) atoms. The van der Waals surface area contributed by atoms with Gasteiger partial charge >= 0.3 is 5.97 Å². The molecule has 0 aliphatic heterocycles. The van der Waals surface area contributed by atoms with Crippen LogP contribution in [0.2, 0.25) is 0 Å². The number of carbonyl (C=O) groups is 1. The molecule has 0 atom stereocenters. The number of hydrogen-bond donors (Lipinski definition) is 0. The number of nitrogens with zero attached hydrogens (tertiary/aromatic N) is 1. The molecule has 0 N–H and O–H groups in total. The van der Waals surface area contributed by atoms with E-state index in [-0.39, 0.29) is 16.9 Å². The van der Waals surface area contributed by atoms with Crippen molar-refractivity contribution in [1.82, 2.24) is 0 Å². The van der Waals surface area contributed by atoms with Gasteiger partial charge in [0.2, 0.25) is 0 Å². The SMILES string of the molecule is [2H]C(C)(C)Oc1ccc(C(=O)OC)cc1C#N. The van der Waals surface area contributed by atoms with E-state index in [2.05, 4.69) is 4.74 Å². The second-order valence-electron chi connectivity index (χ2n) is 3.32. The Morgan fingerprint density at radius 1 is 1.56 bits per heavy atom. The highest BCUT2D eigenvalue weighted by Crippen LogP contribution is 2.20. The minimum atomic E-state index is -1.14. The number of methoxy groups -OCH3 is 1. The summed E-state index contributed by atoms with van der Waals surface area (Å²) in [5.41, 5.74) is 0.479. The highest BCUT2D eigenvalue weighted by Gasteiger charge is 2.11. The maximum atomic E-state index is 11.3. The molecule has 0 heterocycles. The second-order valence-corrected chi connectivity index (χ2v) is 3.32. The van der Waals surface area contributed by atoms with Gasteiger partial charge in [0.25, 0.3) is 0 Å². The predicted octanol–water partition coefficient (Wildman–Crippen LogP) is 2.13. The van der Waals surface area contributed by atoms with Crippen LogP contribution in [-0.2, 0) is 4.74 Å². The largest absolute Gasteiger partial charge is 0.490 e. The standard InChI is InChI=1S/C12H13NO3/c1-8(2)16-11-5-4-9(12(14)15-3)6-10(11)7-13/h4-6,8H,1-3H3/i8D. The molecule has 4 nitrogen and oxygen atoms in total. The lowest BCUT2D eigenvalue weighted by Crippen LogP contribution is -2.08. The van der Waals surface area contributed by atoms with Gasteiger partial charge in [0.15, 0.2) is 0 Å². The molecule has 1 aromatic rings. The fraction of sp³-hybridized carbons (Fsp3) is 0.333. The second kappa shape index (κ2) is 5.17. The van der Waals surface area contributed by atoms with E-state index in [0.29, 0.717) is 0 Å². The van der Waals surface area contributed by atoms with Crippen molar-refractivity contribution in [1.29, 1.82) is 5.26 Å². The van der Waals surface area contributed by atoms with Gasteiger partial charge in [-0.25, -0.2) is 4.79 Å². The summed E-state index contributed by atoms with van der Waals surface area (Å²) in [4.78, 5) is 11.3. The fourth-order valence-electron chi connectivity index (χ4n) is 1.17. The van der Waals surface area contributed by atoms with E-state index in [0.717, 1.165) is 0 Å². The van der Waals surface area contributed by atoms with Crippen molar-refractivity contribution in [2.24, 2.45) is 0 Å². The van der Waals surface area contributed by atoms with E-state index in [1.54, 1.807) is 13.8 Å². The van der Waals surface area contributed by atoms with E-state index in [4.69, 9.17) is 11.4 Å². The molecular weight excluding hydrogens is 206 g/mol. The van der Waals surface area contributed by atoms with Crippen molar-refractivity contribution in [3.8, 4) is 11.8 Å². The minimum Gasteiger partial charge on any atom is -0.490 e. The third kappa shape index (κ3) is 2.74. The van der Waals surface area contributed by atoms with Gasteiger partial charge in [0.1, 0.15) is 11.8 Å². The molecule has 0 aliphatic rings. The lowest BCUT2D eigenvalue weighted by atomic mass is 10.1. The maximum absolute atomic E-state index is 11.3. The molecule has 0 bridgehead atoms. The average molecular weight is 220 g/mol. The Hall–Kier alpha value is -2.02. The molecule has 0 spiro atoms. The monoisotopic (exact) mass is 220 g/mol. The Morgan fingerprint density at radius 2 is 2.25 bits per heavy atom. The molecule has 0 saturated carbocycles. The van der Waals surface area contributed by atoms with Crippen LogP contribution >= 0.6 is 0 Å². The van der Waals surface area contributed by atoms with Crippen molar-refractivity contribution < 1.29 is 15.6 Å². The van der Waals surface area contributed by atoms with Crippen LogP contribution in [0.4, 0.5) is 0 Å². The molecule has 0 saturated heterocycles. The number of benzene rings is 1. The molecule has 84 valence electrons. The number of carbonyl (C=O) groups excluding carboxylic acids is 1. The van der Waals surface area contributed by atoms with Gasteiger partial charge in [-0.15, -0.1) is 0 Å². The lowest BCUT2D eigenvalue weighted by Gasteiger charge is -2.11. The summed E-state index contributed by atoms with van der Waals surface area (Å²) in [5.74, 6) is -0.238. The van der Waals surface area contributed by atoms with Crippen LogP contribution in [0.5, 0.6) is 5.75 Å². The first-order valence-electron chi connectivity index (χ1n) is 5.19. The van der Waals surface area contributed by atoms with Crippen LogP contribution in [0, 0.1) is 11.3 Å². The number of rotatable bonds is 3. The van der Waals surface area contributed by atoms with Crippen molar-refractivity contribution in [3.63, 3.8) is 0 Å². The summed E-state index contributed by atoms with van der Waals surface area (Å²) in [5, 5.41) is 8.95. The first kappa shape index (κ1) is 10.5. The van der Waals surface area contributed by atoms with Crippen molar-refractivity contribution >= 4 is 5.97 Å². The summed E-state index contributed by atoms with van der Waals surface area (Å²) in [7, 11) is 1.27. The van der Waals surface area contributed by atoms with E-state index in [1.807, 2.05) is 6.07 Å². The molecule has 0 fully saturated rings. The van der Waals surface area contributed by atoms with Crippen LogP contribution in [-0.4, -0.2) is 19.2 Å². The van der Waals surface area contributed by atoms with Gasteiger partial charge in [-0.3, -0.25) is 0 Å². The van der Waals surface area contributed by atoms with Gasteiger partial charge in [-0.2, -0.15) is 5.26 Å². The molecular formula is C12H13NO3. The van der Waals surface area contributed by atoms with E-state index in [9.17, 15) is 4.79 Å². The molecule has 0 unspecified atom stereocenters. The van der Waals surface area contributed by atoms with Crippen LogP contribution in [0.1, 0.15) is 31.1 Å². The first-order chi connectivity index (χ1) is 7.87. The van der Waals surface area contributed by atoms with Gasteiger partial charge < -0.3 is 9.47 Å². The predicted molar refractivity (Wildman–Crippen MR) is 58.3 cm³/mol. The smallest absolute Gasteiger partial charge is 0.337 e. The maximum Gasteiger partial charge on any atom is 0.337 e. The average Bonchev–Trinajstić information content (AvgIpc) is 2.26. The van der Waals surface area contributed by atoms with Crippen LogP contribution < -0.4 is 4.74 Å². The summed E-state index contributed by atoms with van der Waals surface area (Å²) in [6.07, 6.45) is -1.14. The Bertz CT molecular complexity index is 472. The Kier molecular flexibility index (Phi) is 3.39. The summed E-state index contributed by atoms with van der Waals surface area (Å²) in [6.45, 7) is 3.12. The first-order valence-corrected chi connectivity index (χ1v) is 4.69. The van der Waals surface area contributed by atoms with Crippen LogP contribution in [0.15, 0.2) is 18.2 Å².